The first kappa shape index (κ1) is 19.2. The van der Waals surface area contributed by atoms with Crippen molar-refractivity contribution in [2.24, 2.45) is 5.41 Å². The molecule has 4 aromatic heterocycles. The van der Waals surface area contributed by atoms with Crippen molar-refractivity contribution in [2.75, 3.05) is 30.4 Å². The lowest BCUT2D eigenvalue weighted by molar-refractivity contribution is 0.231. The lowest BCUT2D eigenvalue weighted by Crippen LogP contribution is -2.41. The molecule has 0 aromatic carbocycles. The van der Waals surface area contributed by atoms with Gasteiger partial charge in [0.2, 0.25) is 0 Å². The number of hydrogen-bond acceptors (Lipinski definition) is 6. The van der Waals surface area contributed by atoms with Crippen LogP contribution in [0.15, 0.2) is 48.9 Å². The normalized spacial score (nSPS) is 17.1. The Bertz CT molecular complexity index is 1260. The molecule has 6 rings (SSSR count). The molecule has 0 radical (unpaired) electrons. The number of pyridine rings is 2. The van der Waals surface area contributed by atoms with Crippen LogP contribution in [0.1, 0.15) is 29.8 Å². The molecular formula is C25H27N7. The second-order valence-electron chi connectivity index (χ2n) is 9.13. The minimum Gasteiger partial charge on any atom is -0.373 e. The standard InChI is InChI=1S/C25H27N7/c1-17-23(19-5-6-22(26-2)28-16-19)32-21(7-11-29-32)24(30-17)31-12-8-25(9-13-31)14-18-4-3-10-27-20(18)15-25/h3-7,10-11,16H,8-9,12-15H2,1-2H3,(H,26,28). The highest BCUT2D eigenvalue weighted by Gasteiger charge is 2.41. The van der Waals surface area contributed by atoms with Gasteiger partial charge in [0.1, 0.15) is 11.3 Å². The molecule has 7 heteroatoms. The van der Waals surface area contributed by atoms with Crippen LogP contribution < -0.4 is 10.2 Å². The third-order valence-corrected chi connectivity index (χ3v) is 7.21. The Hall–Kier alpha value is -3.48. The lowest BCUT2D eigenvalue weighted by Gasteiger charge is -2.40. The van der Waals surface area contributed by atoms with Crippen LogP contribution in [0, 0.1) is 12.3 Å². The van der Waals surface area contributed by atoms with E-state index in [9.17, 15) is 0 Å². The monoisotopic (exact) mass is 425 g/mol. The number of hydrogen-bond donors (Lipinski definition) is 1. The van der Waals surface area contributed by atoms with Gasteiger partial charge in [0.25, 0.3) is 0 Å². The third kappa shape index (κ3) is 3.03. The quantitative estimate of drug-likeness (QED) is 0.536. The minimum absolute atomic E-state index is 0.361. The van der Waals surface area contributed by atoms with Crippen molar-refractivity contribution in [2.45, 2.75) is 32.6 Å². The predicted octanol–water partition coefficient (Wildman–Crippen LogP) is 3.92. The van der Waals surface area contributed by atoms with E-state index in [0.717, 1.165) is 60.0 Å². The van der Waals surface area contributed by atoms with Crippen molar-refractivity contribution in [1.29, 1.82) is 0 Å². The molecule has 0 amide bonds. The van der Waals surface area contributed by atoms with Crippen LogP contribution in [-0.2, 0) is 12.8 Å². The van der Waals surface area contributed by atoms with Crippen LogP contribution >= 0.6 is 0 Å². The number of aromatic nitrogens is 5. The van der Waals surface area contributed by atoms with Gasteiger partial charge in [0.15, 0.2) is 5.82 Å². The smallest absolute Gasteiger partial charge is 0.155 e. The van der Waals surface area contributed by atoms with Crippen LogP contribution in [-0.4, -0.2) is 44.7 Å². The molecule has 4 aromatic rings. The SMILES string of the molecule is CNc1ccc(-c2c(C)nc(N3CCC4(CC3)Cc3cccnc3C4)c3ccnn23)cn1. The number of fused-ring (bicyclic) bond motifs is 2. The number of rotatable bonds is 3. The van der Waals surface area contributed by atoms with Gasteiger partial charge in [-0.1, -0.05) is 6.07 Å². The fourth-order valence-corrected chi connectivity index (χ4v) is 5.48. The zero-order chi connectivity index (χ0) is 21.7. The van der Waals surface area contributed by atoms with Gasteiger partial charge >= 0.3 is 0 Å². The van der Waals surface area contributed by atoms with Crippen LogP contribution in [0.5, 0.6) is 0 Å². The van der Waals surface area contributed by atoms with Crippen molar-refractivity contribution in [3.05, 3.63) is 65.9 Å². The van der Waals surface area contributed by atoms with E-state index in [1.54, 1.807) is 0 Å². The molecule has 32 heavy (non-hydrogen) atoms. The number of aryl methyl sites for hydroxylation is 1. The summed E-state index contributed by atoms with van der Waals surface area (Å²) in [6, 6.07) is 10.4. The van der Waals surface area contributed by atoms with Crippen LogP contribution in [0.4, 0.5) is 11.6 Å². The summed E-state index contributed by atoms with van der Waals surface area (Å²) in [4.78, 5) is 16.6. The Morgan fingerprint density at radius 3 is 2.62 bits per heavy atom. The fourth-order valence-electron chi connectivity index (χ4n) is 5.48. The number of nitrogens with one attached hydrogen (secondary N) is 1. The van der Waals surface area contributed by atoms with Gasteiger partial charge in [0, 0.05) is 43.8 Å². The summed E-state index contributed by atoms with van der Waals surface area (Å²) in [5, 5.41) is 7.72. The highest BCUT2D eigenvalue weighted by Crippen LogP contribution is 2.44. The molecule has 0 bridgehead atoms. The molecule has 1 aliphatic heterocycles. The van der Waals surface area contributed by atoms with Crippen LogP contribution in [0.3, 0.4) is 0 Å². The average Bonchev–Trinajstić information content (AvgIpc) is 3.44. The molecule has 2 aliphatic rings. The summed E-state index contributed by atoms with van der Waals surface area (Å²) >= 11 is 0. The third-order valence-electron chi connectivity index (χ3n) is 7.21. The Balaban J connectivity index is 1.30. The molecular weight excluding hydrogens is 398 g/mol. The highest BCUT2D eigenvalue weighted by molar-refractivity contribution is 5.75. The van der Waals surface area contributed by atoms with E-state index < -0.39 is 0 Å². The van der Waals surface area contributed by atoms with Gasteiger partial charge in [-0.05, 0) is 67.9 Å². The van der Waals surface area contributed by atoms with Gasteiger partial charge in [-0.2, -0.15) is 5.10 Å². The molecule has 0 unspecified atom stereocenters. The molecule has 1 saturated heterocycles. The average molecular weight is 426 g/mol. The molecule has 1 N–H and O–H groups in total. The summed E-state index contributed by atoms with van der Waals surface area (Å²) in [5.74, 6) is 1.88. The van der Waals surface area contributed by atoms with Gasteiger partial charge in [-0.3, -0.25) is 4.98 Å². The summed E-state index contributed by atoms with van der Waals surface area (Å²) in [6.07, 6.45) is 10.3. The first-order chi connectivity index (χ1) is 15.7. The molecule has 5 heterocycles. The van der Waals surface area contributed by atoms with Gasteiger partial charge in [0.05, 0.1) is 17.6 Å². The van der Waals surface area contributed by atoms with Crippen molar-refractivity contribution in [1.82, 2.24) is 24.6 Å². The van der Waals surface area contributed by atoms with E-state index in [1.807, 2.05) is 36.2 Å². The summed E-state index contributed by atoms with van der Waals surface area (Å²) in [6.45, 7) is 4.09. The van der Waals surface area contributed by atoms with Crippen LogP contribution in [0.25, 0.3) is 16.8 Å². The van der Waals surface area contributed by atoms with E-state index in [-0.39, 0.29) is 0 Å². The van der Waals surface area contributed by atoms with Crippen molar-refractivity contribution in [3.63, 3.8) is 0 Å². The Kier molecular flexibility index (Phi) is 4.38. The first-order valence-corrected chi connectivity index (χ1v) is 11.3. The first-order valence-electron chi connectivity index (χ1n) is 11.3. The molecule has 0 atom stereocenters. The second kappa shape index (κ2) is 7.29. The summed E-state index contributed by atoms with van der Waals surface area (Å²) < 4.78 is 2.02. The molecule has 1 fully saturated rings. The molecule has 1 aliphatic carbocycles. The second-order valence-corrected chi connectivity index (χ2v) is 9.13. The lowest BCUT2D eigenvalue weighted by atomic mass is 9.76. The number of anilines is 2. The topological polar surface area (TPSA) is 71.2 Å². The largest absolute Gasteiger partial charge is 0.373 e. The van der Waals surface area contributed by atoms with Gasteiger partial charge < -0.3 is 10.2 Å². The molecule has 1 spiro atoms. The van der Waals surface area contributed by atoms with Crippen LogP contribution in [0.2, 0.25) is 0 Å². The molecule has 0 saturated carbocycles. The van der Waals surface area contributed by atoms with E-state index in [1.165, 1.54) is 24.1 Å². The zero-order valence-electron chi connectivity index (χ0n) is 18.5. The zero-order valence-corrected chi connectivity index (χ0v) is 18.5. The van der Waals surface area contributed by atoms with E-state index in [0.29, 0.717) is 5.41 Å². The van der Waals surface area contributed by atoms with Crippen molar-refractivity contribution in [3.8, 4) is 11.3 Å². The van der Waals surface area contributed by atoms with Gasteiger partial charge in [-0.15, -0.1) is 0 Å². The maximum Gasteiger partial charge on any atom is 0.155 e. The maximum atomic E-state index is 5.08. The predicted molar refractivity (Wildman–Crippen MR) is 126 cm³/mol. The minimum atomic E-state index is 0.361. The number of piperidine rings is 1. The van der Waals surface area contributed by atoms with E-state index in [4.69, 9.17) is 4.98 Å². The Morgan fingerprint density at radius 2 is 1.88 bits per heavy atom. The Labute approximate surface area is 187 Å². The van der Waals surface area contributed by atoms with E-state index in [2.05, 4.69) is 56.5 Å². The molecule has 7 nitrogen and oxygen atoms in total. The maximum absolute atomic E-state index is 5.08. The summed E-state index contributed by atoms with van der Waals surface area (Å²) in [7, 11) is 1.87. The van der Waals surface area contributed by atoms with Gasteiger partial charge in [-0.25, -0.2) is 14.5 Å². The number of nitrogens with zero attached hydrogens (tertiary/aromatic N) is 6. The van der Waals surface area contributed by atoms with Crippen molar-refractivity contribution >= 4 is 17.2 Å². The fraction of sp³-hybridized carbons (Fsp3) is 0.360. The summed E-state index contributed by atoms with van der Waals surface area (Å²) in [5.41, 5.74) is 7.13. The van der Waals surface area contributed by atoms with Crippen molar-refractivity contribution < 1.29 is 0 Å². The highest BCUT2D eigenvalue weighted by atomic mass is 15.3. The van der Waals surface area contributed by atoms with E-state index >= 15 is 0 Å². The Morgan fingerprint density at radius 1 is 1.00 bits per heavy atom. The molecule has 162 valence electrons.